The van der Waals surface area contributed by atoms with Gasteiger partial charge >= 0.3 is 0 Å². The molecule has 1 heterocycles. The molecule has 0 spiro atoms. The molecular weight excluding hydrogens is 246 g/mol. The third kappa shape index (κ3) is 4.44. The van der Waals surface area contributed by atoms with Crippen molar-refractivity contribution in [3.05, 3.63) is 0 Å². The van der Waals surface area contributed by atoms with Crippen LogP contribution in [0.2, 0.25) is 0 Å². The third-order valence-corrected chi connectivity index (χ3v) is 5.52. The summed E-state index contributed by atoms with van der Waals surface area (Å²) in [4.78, 5) is 5.16. The number of likely N-dealkylation sites (N-methyl/N-ethyl adjacent to an activating group) is 1. The fourth-order valence-corrected chi connectivity index (χ4v) is 4.00. The molecule has 1 aliphatic heterocycles. The van der Waals surface area contributed by atoms with Gasteiger partial charge in [0.1, 0.15) is 0 Å². The maximum atomic E-state index is 3.76. The van der Waals surface area contributed by atoms with E-state index in [-0.39, 0.29) is 0 Å². The summed E-state index contributed by atoms with van der Waals surface area (Å²) in [5.41, 5.74) is 0. The lowest BCUT2D eigenvalue weighted by molar-refractivity contribution is 0.0905. The highest BCUT2D eigenvalue weighted by molar-refractivity contribution is 4.88. The van der Waals surface area contributed by atoms with Gasteiger partial charge in [0.05, 0.1) is 0 Å². The fraction of sp³-hybridized carbons (Fsp3) is 1.00. The Morgan fingerprint density at radius 3 is 2.40 bits per heavy atom. The third-order valence-electron chi connectivity index (χ3n) is 5.52. The highest BCUT2D eigenvalue weighted by Gasteiger charge is 2.32. The zero-order valence-electron chi connectivity index (χ0n) is 14.1. The molecule has 20 heavy (non-hydrogen) atoms. The predicted octanol–water partition coefficient (Wildman–Crippen LogP) is 2.28. The van der Waals surface area contributed by atoms with E-state index in [1.54, 1.807) is 0 Å². The van der Waals surface area contributed by atoms with Gasteiger partial charge < -0.3 is 15.1 Å². The molecule has 3 nitrogen and oxygen atoms in total. The Balaban J connectivity index is 1.89. The van der Waals surface area contributed by atoms with Crippen molar-refractivity contribution in [2.24, 2.45) is 17.8 Å². The van der Waals surface area contributed by atoms with Gasteiger partial charge in [-0.05, 0) is 50.6 Å². The molecule has 1 N–H and O–H groups in total. The van der Waals surface area contributed by atoms with E-state index < -0.39 is 0 Å². The number of hydrogen-bond acceptors (Lipinski definition) is 3. The molecule has 3 atom stereocenters. The molecule has 0 radical (unpaired) electrons. The van der Waals surface area contributed by atoms with E-state index in [9.17, 15) is 0 Å². The van der Waals surface area contributed by atoms with E-state index >= 15 is 0 Å². The lowest BCUT2D eigenvalue weighted by Crippen LogP contribution is -2.51. The summed E-state index contributed by atoms with van der Waals surface area (Å²) in [6.07, 6.45) is 4.24. The molecule has 3 heteroatoms. The maximum absolute atomic E-state index is 3.76. The summed E-state index contributed by atoms with van der Waals surface area (Å²) in [6.45, 7) is 14.5. The largest absolute Gasteiger partial charge is 0.314 e. The topological polar surface area (TPSA) is 18.5 Å². The van der Waals surface area contributed by atoms with Crippen molar-refractivity contribution in [2.75, 3.05) is 46.3 Å². The minimum absolute atomic E-state index is 0.759. The van der Waals surface area contributed by atoms with Crippen LogP contribution in [0.15, 0.2) is 0 Å². The quantitative estimate of drug-likeness (QED) is 0.834. The summed E-state index contributed by atoms with van der Waals surface area (Å²) in [6, 6.07) is 0.759. The summed E-state index contributed by atoms with van der Waals surface area (Å²) in [7, 11) is 2.24. The Morgan fingerprint density at radius 1 is 1.10 bits per heavy atom. The van der Waals surface area contributed by atoms with Gasteiger partial charge in [0.2, 0.25) is 0 Å². The van der Waals surface area contributed by atoms with Gasteiger partial charge in [-0.3, -0.25) is 0 Å². The zero-order chi connectivity index (χ0) is 14.5. The maximum Gasteiger partial charge on any atom is 0.0110 e. The van der Waals surface area contributed by atoms with Gasteiger partial charge in [0, 0.05) is 38.8 Å². The average molecular weight is 281 g/mol. The van der Waals surface area contributed by atoms with Crippen LogP contribution in [0, 0.1) is 17.8 Å². The first-order valence-corrected chi connectivity index (χ1v) is 8.74. The second-order valence-electron chi connectivity index (χ2n) is 7.35. The molecule has 3 unspecified atom stereocenters. The Kier molecular flexibility index (Phi) is 6.31. The molecule has 118 valence electrons. The molecule has 0 aromatic rings. The highest BCUT2D eigenvalue weighted by Crippen LogP contribution is 2.34. The smallest absolute Gasteiger partial charge is 0.0110 e. The van der Waals surface area contributed by atoms with Gasteiger partial charge in [0.25, 0.3) is 0 Å². The highest BCUT2D eigenvalue weighted by atomic mass is 15.2. The van der Waals surface area contributed by atoms with Crippen molar-refractivity contribution >= 4 is 0 Å². The second kappa shape index (κ2) is 7.77. The van der Waals surface area contributed by atoms with E-state index in [0.717, 1.165) is 30.3 Å². The molecule has 1 saturated carbocycles. The molecular formula is C17H35N3. The average Bonchev–Trinajstić information content (AvgIpc) is 2.43. The molecule has 1 saturated heterocycles. The lowest BCUT2D eigenvalue weighted by atomic mass is 9.73. The Morgan fingerprint density at radius 2 is 1.80 bits per heavy atom. The van der Waals surface area contributed by atoms with Crippen LogP contribution in [-0.2, 0) is 0 Å². The van der Waals surface area contributed by atoms with Gasteiger partial charge in [0.15, 0.2) is 0 Å². The molecule has 2 rings (SSSR count). The van der Waals surface area contributed by atoms with Gasteiger partial charge in [-0.2, -0.15) is 0 Å². The van der Waals surface area contributed by atoms with Crippen LogP contribution in [0.25, 0.3) is 0 Å². The summed E-state index contributed by atoms with van der Waals surface area (Å²) in [5.74, 6) is 2.66. The van der Waals surface area contributed by atoms with E-state index in [2.05, 4.69) is 42.9 Å². The first-order chi connectivity index (χ1) is 9.60. The number of nitrogens with one attached hydrogen (secondary N) is 1. The van der Waals surface area contributed by atoms with Crippen molar-refractivity contribution in [3.8, 4) is 0 Å². The van der Waals surface area contributed by atoms with E-state index in [1.165, 1.54) is 52.0 Å². The summed E-state index contributed by atoms with van der Waals surface area (Å²) in [5, 5.41) is 3.76. The predicted molar refractivity (Wildman–Crippen MR) is 87.1 cm³/mol. The molecule has 0 aromatic carbocycles. The van der Waals surface area contributed by atoms with Crippen LogP contribution in [0.4, 0.5) is 0 Å². The minimum Gasteiger partial charge on any atom is -0.314 e. The second-order valence-corrected chi connectivity index (χ2v) is 7.35. The molecule has 0 aromatic heterocycles. The first-order valence-electron chi connectivity index (χ1n) is 8.74. The molecule has 1 aliphatic carbocycles. The number of hydrogen-bond donors (Lipinski definition) is 1. The Bertz CT molecular complexity index is 271. The van der Waals surface area contributed by atoms with E-state index in [1.807, 2.05) is 0 Å². The zero-order valence-corrected chi connectivity index (χ0v) is 14.1. The van der Waals surface area contributed by atoms with Gasteiger partial charge in [-0.1, -0.05) is 20.8 Å². The molecule has 0 amide bonds. The number of piperazine rings is 1. The van der Waals surface area contributed by atoms with Gasteiger partial charge in [-0.25, -0.2) is 0 Å². The van der Waals surface area contributed by atoms with Crippen LogP contribution >= 0.6 is 0 Å². The number of nitrogens with zero attached hydrogens (tertiary/aromatic N) is 2. The molecule has 2 fully saturated rings. The van der Waals surface area contributed by atoms with Crippen LogP contribution < -0.4 is 5.32 Å². The van der Waals surface area contributed by atoms with E-state index in [4.69, 9.17) is 0 Å². The SMILES string of the molecule is CCNC1CCC(C(C)C)CC1CN1CCN(C)CC1. The van der Waals surface area contributed by atoms with Crippen molar-refractivity contribution in [1.29, 1.82) is 0 Å². The van der Waals surface area contributed by atoms with Crippen LogP contribution in [-0.4, -0.2) is 62.2 Å². The van der Waals surface area contributed by atoms with Gasteiger partial charge in [-0.15, -0.1) is 0 Å². The Hall–Kier alpha value is -0.120. The summed E-state index contributed by atoms with van der Waals surface area (Å²) < 4.78 is 0. The molecule has 2 aliphatic rings. The first kappa shape index (κ1) is 16.3. The molecule has 0 bridgehead atoms. The van der Waals surface area contributed by atoms with Crippen LogP contribution in [0.5, 0.6) is 0 Å². The van der Waals surface area contributed by atoms with Crippen molar-refractivity contribution < 1.29 is 0 Å². The van der Waals surface area contributed by atoms with Crippen LogP contribution in [0.1, 0.15) is 40.0 Å². The van der Waals surface area contributed by atoms with Crippen molar-refractivity contribution in [2.45, 2.75) is 46.1 Å². The van der Waals surface area contributed by atoms with Crippen molar-refractivity contribution in [3.63, 3.8) is 0 Å². The minimum atomic E-state index is 0.759. The lowest BCUT2D eigenvalue weighted by Gasteiger charge is -2.42. The Labute approximate surface area is 126 Å². The standard InChI is InChI=1S/C17H35N3/c1-5-18-17-7-6-15(14(2)3)12-16(17)13-20-10-8-19(4)9-11-20/h14-18H,5-13H2,1-4H3. The van der Waals surface area contributed by atoms with E-state index in [0.29, 0.717) is 0 Å². The van der Waals surface area contributed by atoms with Crippen LogP contribution in [0.3, 0.4) is 0 Å². The fourth-order valence-electron chi connectivity index (χ4n) is 4.00. The van der Waals surface area contributed by atoms with Crippen molar-refractivity contribution in [1.82, 2.24) is 15.1 Å². The normalized spacial score (nSPS) is 33.8. The summed E-state index contributed by atoms with van der Waals surface area (Å²) >= 11 is 0. The monoisotopic (exact) mass is 281 g/mol. The number of rotatable bonds is 5.